The predicted octanol–water partition coefficient (Wildman–Crippen LogP) is 2.30. The molecular formula is C10H11FN2. The molecule has 13 heavy (non-hydrogen) atoms. The van der Waals surface area contributed by atoms with Gasteiger partial charge in [-0.15, -0.1) is 0 Å². The summed E-state index contributed by atoms with van der Waals surface area (Å²) in [7, 11) is 1.74. The van der Waals surface area contributed by atoms with Crippen molar-refractivity contribution >= 4 is 5.69 Å². The van der Waals surface area contributed by atoms with Gasteiger partial charge in [0, 0.05) is 12.7 Å². The maximum absolute atomic E-state index is 13.1. The Morgan fingerprint density at radius 1 is 1.54 bits per heavy atom. The minimum atomic E-state index is -0.468. The molecule has 1 aromatic rings. The molecule has 0 heterocycles. The Morgan fingerprint density at radius 3 is 2.69 bits per heavy atom. The van der Waals surface area contributed by atoms with Gasteiger partial charge in [0.1, 0.15) is 11.9 Å². The number of benzene rings is 1. The zero-order valence-electron chi connectivity index (χ0n) is 7.69. The highest BCUT2D eigenvalue weighted by molar-refractivity contribution is 5.55. The van der Waals surface area contributed by atoms with Gasteiger partial charge in [0.05, 0.1) is 5.56 Å². The van der Waals surface area contributed by atoms with Gasteiger partial charge in [-0.3, -0.25) is 0 Å². The minimum absolute atomic E-state index is 0.107. The smallest absolute Gasteiger partial charge is 0.143 e. The van der Waals surface area contributed by atoms with Crippen molar-refractivity contribution in [1.29, 1.82) is 5.26 Å². The quantitative estimate of drug-likeness (QED) is 0.754. The first kappa shape index (κ1) is 9.53. The van der Waals surface area contributed by atoms with Crippen LogP contribution in [0.15, 0.2) is 12.1 Å². The van der Waals surface area contributed by atoms with Crippen LogP contribution < -0.4 is 5.32 Å². The molecule has 0 saturated carbocycles. The minimum Gasteiger partial charge on any atom is -0.388 e. The molecule has 0 radical (unpaired) electrons. The largest absolute Gasteiger partial charge is 0.388 e. The van der Waals surface area contributed by atoms with Crippen molar-refractivity contribution in [3.63, 3.8) is 0 Å². The zero-order chi connectivity index (χ0) is 9.84. The number of anilines is 1. The molecule has 1 rings (SSSR count). The van der Waals surface area contributed by atoms with E-state index in [1.165, 1.54) is 6.07 Å². The Morgan fingerprint density at radius 2 is 2.23 bits per heavy atom. The molecule has 0 aliphatic rings. The van der Waals surface area contributed by atoms with E-state index in [1.54, 1.807) is 13.1 Å². The van der Waals surface area contributed by atoms with Crippen molar-refractivity contribution in [2.24, 2.45) is 0 Å². The van der Waals surface area contributed by atoms with E-state index in [0.717, 1.165) is 17.7 Å². The van der Waals surface area contributed by atoms with E-state index in [-0.39, 0.29) is 5.56 Å². The number of aryl methyl sites for hydroxylation is 1. The van der Waals surface area contributed by atoms with Gasteiger partial charge in [-0.2, -0.15) is 5.26 Å². The molecule has 1 aromatic carbocycles. The van der Waals surface area contributed by atoms with Crippen LogP contribution >= 0.6 is 0 Å². The van der Waals surface area contributed by atoms with Gasteiger partial charge in [0.2, 0.25) is 0 Å². The van der Waals surface area contributed by atoms with E-state index in [2.05, 4.69) is 5.32 Å². The summed E-state index contributed by atoms with van der Waals surface area (Å²) >= 11 is 0. The summed E-state index contributed by atoms with van der Waals surface area (Å²) in [4.78, 5) is 0. The van der Waals surface area contributed by atoms with Gasteiger partial charge >= 0.3 is 0 Å². The average Bonchev–Trinajstić information content (AvgIpc) is 2.17. The molecule has 0 amide bonds. The van der Waals surface area contributed by atoms with Crippen LogP contribution in [0.2, 0.25) is 0 Å². The first-order chi connectivity index (χ1) is 6.22. The van der Waals surface area contributed by atoms with Crippen LogP contribution in [0.3, 0.4) is 0 Å². The first-order valence-electron chi connectivity index (χ1n) is 4.13. The Labute approximate surface area is 77.0 Å². The normalized spacial score (nSPS) is 9.38. The van der Waals surface area contributed by atoms with Crippen molar-refractivity contribution in [3.05, 3.63) is 29.1 Å². The van der Waals surface area contributed by atoms with E-state index >= 15 is 0 Å². The van der Waals surface area contributed by atoms with Crippen molar-refractivity contribution in [2.45, 2.75) is 13.3 Å². The highest BCUT2D eigenvalue weighted by Crippen LogP contribution is 2.20. The maximum atomic E-state index is 13.1. The third-order valence-corrected chi connectivity index (χ3v) is 1.96. The lowest BCUT2D eigenvalue weighted by atomic mass is 10.1. The van der Waals surface area contributed by atoms with Crippen LogP contribution in [0, 0.1) is 17.1 Å². The fraction of sp³-hybridized carbons (Fsp3) is 0.300. The van der Waals surface area contributed by atoms with Crippen LogP contribution in [0.1, 0.15) is 18.1 Å². The zero-order valence-corrected chi connectivity index (χ0v) is 7.69. The van der Waals surface area contributed by atoms with Gasteiger partial charge in [-0.1, -0.05) is 6.92 Å². The number of rotatable bonds is 2. The molecular weight excluding hydrogens is 167 g/mol. The second-order valence-electron chi connectivity index (χ2n) is 2.70. The molecule has 0 aliphatic carbocycles. The van der Waals surface area contributed by atoms with E-state index in [4.69, 9.17) is 5.26 Å². The third-order valence-electron chi connectivity index (χ3n) is 1.96. The summed E-state index contributed by atoms with van der Waals surface area (Å²) in [5, 5.41) is 11.5. The van der Waals surface area contributed by atoms with Gasteiger partial charge in [-0.05, 0) is 24.1 Å². The fourth-order valence-electron chi connectivity index (χ4n) is 1.23. The van der Waals surface area contributed by atoms with Crippen LogP contribution in [0.5, 0.6) is 0 Å². The van der Waals surface area contributed by atoms with E-state index in [9.17, 15) is 4.39 Å². The molecule has 68 valence electrons. The third kappa shape index (κ3) is 1.78. The number of halogens is 1. The number of nitrogens with zero attached hydrogens (tertiary/aromatic N) is 1. The maximum Gasteiger partial charge on any atom is 0.143 e. The fourth-order valence-corrected chi connectivity index (χ4v) is 1.23. The number of nitrogens with one attached hydrogen (secondary N) is 1. The topological polar surface area (TPSA) is 35.8 Å². The van der Waals surface area contributed by atoms with E-state index in [1.807, 2.05) is 13.0 Å². The monoisotopic (exact) mass is 178 g/mol. The molecule has 0 bridgehead atoms. The highest BCUT2D eigenvalue weighted by atomic mass is 19.1. The molecule has 0 spiro atoms. The lowest BCUT2D eigenvalue weighted by Gasteiger charge is -2.07. The SMILES string of the molecule is CCc1cc(C#N)c(F)cc1NC. The van der Waals surface area contributed by atoms with Crippen LogP contribution in [0.4, 0.5) is 10.1 Å². The number of hydrogen-bond donors (Lipinski definition) is 1. The molecule has 2 nitrogen and oxygen atoms in total. The molecule has 0 saturated heterocycles. The molecule has 0 atom stereocenters. The second-order valence-corrected chi connectivity index (χ2v) is 2.70. The summed E-state index contributed by atoms with van der Waals surface area (Å²) in [6, 6.07) is 4.76. The van der Waals surface area contributed by atoms with Crippen molar-refractivity contribution in [1.82, 2.24) is 0 Å². The summed E-state index contributed by atoms with van der Waals surface area (Å²) in [6.45, 7) is 1.97. The highest BCUT2D eigenvalue weighted by Gasteiger charge is 2.06. The Bertz CT molecular complexity index is 353. The average molecular weight is 178 g/mol. The first-order valence-corrected chi connectivity index (χ1v) is 4.13. The van der Waals surface area contributed by atoms with Gasteiger partial charge in [0.25, 0.3) is 0 Å². The molecule has 1 N–H and O–H groups in total. The molecule has 0 aromatic heterocycles. The van der Waals surface area contributed by atoms with Gasteiger partial charge in [-0.25, -0.2) is 4.39 Å². The predicted molar refractivity (Wildman–Crippen MR) is 50.0 cm³/mol. The standard InChI is InChI=1S/C10H11FN2/c1-3-7-4-8(6-12)9(11)5-10(7)13-2/h4-5,13H,3H2,1-2H3. The van der Waals surface area contributed by atoms with Gasteiger partial charge < -0.3 is 5.32 Å². The second kappa shape index (κ2) is 3.90. The van der Waals surface area contributed by atoms with Crippen LogP contribution in [-0.2, 0) is 6.42 Å². The summed E-state index contributed by atoms with van der Waals surface area (Å²) in [5.41, 5.74) is 1.82. The lowest BCUT2D eigenvalue weighted by Crippen LogP contribution is -1.97. The van der Waals surface area contributed by atoms with Crippen molar-refractivity contribution < 1.29 is 4.39 Å². The molecule has 3 heteroatoms. The van der Waals surface area contributed by atoms with E-state index < -0.39 is 5.82 Å². The number of nitriles is 1. The summed E-state index contributed by atoms with van der Waals surface area (Å²) in [6.07, 6.45) is 0.783. The molecule has 0 unspecified atom stereocenters. The van der Waals surface area contributed by atoms with E-state index in [0.29, 0.717) is 0 Å². The van der Waals surface area contributed by atoms with Crippen LogP contribution in [0.25, 0.3) is 0 Å². The Kier molecular flexibility index (Phi) is 2.86. The Hall–Kier alpha value is -1.56. The van der Waals surface area contributed by atoms with Crippen LogP contribution in [-0.4, -0.2) is 7.05 Å². The Balaban J connectivity index is 3.28. The van der Waals surface area contributed by atoms with Crippen molar-refractivity contribution in [2.75, 3.05) is 12.4 Å². The summed E-state index contributed by atoms with van der Waals surface area (Å²) in [5.74, 6) is -0.468. The summed E-state index contributed by atoms with van der Waals surface area (Å²) < 4.78 is 13.1. The molecule has 0 aliphatic heterocycles. The number of hydrogen-bond acceptors (Lipinski definition) is 2. The molecule has 0 fully saturated rings. The van der Waals surface area contributed by atoms with Crippen molar-refractivity contribution in [3.8, 4) is 6.07 Å². The lowest BCUT2D eigenvalue weighted by molar-refractivity contribution is 0.623. The van der Waals surface area contributed by atoms with Gasteiger partial charge in [0.15, 0.2) is 0 Å².